The molecule has 2 aromatic carbocycles. The minimum atomic E-state index is -0.523. The minimum absolute atomic E-state index is 0.0861. The fourth-order valence-electron chi connectivity index (χ4n) is 3.48. The van der Waals surface area contributed by atoms with Crippen molar-refractivity contribution >= 4 is 5.91 Å². The van der Waals surface area contributed by atoms with E-state index >= 15 is 0 Å². The van der Waals surface area contributed by atoms with Crippen LogP contribution in [-0.4, -0.2) is 35.6 Å². The standard InChI is InChI=1S/C22H22FNO2/c23-20-10-5-4-9-19(20)15-22(17-25)13-6-14-24(16-22)21(26)12-11-18-7-2-1-3-8-18/h1-5,7-10,25H,6,13-17H2/t22-/m1/s1. The number of nitrogens with zero attached hydrogens (tertiary/aromatic N) is 1. The molecular weight excluding hydrogens is 329 g/mol. The van der Waals surface area contributed by atoms with Gasteiger partial charge in [-0.2, -0.15) is 0 Å². The molecule has 2 aromatic rings. The molecule has 0 aromatic heterocycles. The number of piperidine rings is 1. The van der Waals surface area contributed by atoms with E-state index in [2.05, 4.69) is 11.8 Å². The molecule has 1 amide bonds. The molecule has 0 radical (unpaired) electrons. The molecule has 1 saturated heterocycles. The fraction of sp³-hybridized carbons (Fsp3) is 0.318. The SMILES string of the molecule is O=C(C#Cc1ccccc1)N1CCC[C@@](CO)(Cc2ccccc2F)C1. The van der Waals surface area contributed by atoms with Crippen LogP contribution in [-0.2, 0) is 11.2 Å². The largest absolute Gasteiger partial charge is 0.396 e. The highest BCUT2D eigenvalue weighted by molar-refractivity contribution is 5.94. The zero-order valence-corrected chi connectivity index (χ0v) is 14.6. The smallest absolute Gasteiger partial charge is 0.298 e. The molecule has 134 valence electrons. The zero-order chi connectivity index (χ0) is 18.4. The third-order valence-electron chi connectivity index (χ3n) is 4.89. The Balaban J connectivity index is 1.73. The Labute approximate surface area is 153 Å². The zero-order valence-electron chi connectivity index (χ0n) is 14.6. The van der Waals surface area contributed by atoms with E-state index in [1.807, 2.05) is 30.3 Å². The summed E-state index contributed by atoms with van der Waals surface area (Å²) in [5.41, 5.74) is 0.841. The van der Waals surface area contributed by atoms with Crippen LogP contribution in [0.4, 0.5) is 4.39 Å². The van der Waals surface area contributed by atoms with Gasteiger partial charge < -0.3 is 10.0 Å². The molecule has 0 saturated carbocycles. The van der Waals surface area contributed by atoms with Gasteiger partial charge >= 0.3 is 0 Å². The van der Waals surface area contributed by atoms with E-state index in [4.69, 9.17) is 0 Å². The number of halogens is 1. The van der Waals surface area contributed by atoms with Crippen LogP contribution >= 0.6 is 0 Å². The van der Waals surface area contributed by atoms with Crippen LogP contribution in [0.25, 0.3) is 0 Å². The first-order chi connectivity index (χ1) is 12.6. The Morgan fingerprint density at radius 1 is 1.15 bits per heavy atom. The number of benzene rings is 2. The van der Waals surface area contributed by atoms with Crippen LogP contribution in [0.2, 0.25) is 0 Å². The Morgan fingerprint density at radius 2 is 1.88 bits per heavy atom. The van der Waals surface area contributed by atoms with Crippen molar-refractivity contribution in [2.45, 2.75) is 19.3 Å². The van der Waals surface area contributed by atoms with Crippen LogP contribution in [0.1, 0.15) is 24.0 Å². The van der Waals surface area contributed by atoms with Crippen molar-refractivity contribution in [2.24, 2.45) is 5.41 Å². The van der Waals surface area contributed by atoms with Gasteiger partial charge in [0.2, 0.25) is 0 Å². The number of carbonyl (C=O) groups is 1. The molecule has 1 atom stereocenters. The van der Waals surface area contributed by atoms with Gasteiger partial charge in [-0.25, -0.2) is 4.39 Å². The molecule has 0 unspecified atom stereocenters. The predicted octanol–water partition coefficient (Wildman–Crippen LogP) is 3.02. The van der Waals surface area contributed by atoms with Crippen LogP contribution in [0.3, 0.4) is 0 Å². The van der Waals surface area contributed by atoms with Gasteiger partial charge in [-0.15, -0.1) is 0 Å². The van der Waals surface area contributed by atoms with Crippen molar-refractivity contribution in [2.75, 3.05) is 19.7 Å². The maximum absolute atomic E-state index is 14.0. The van der Waals surface area contributed by atoms with E-state index in [0.717, 1.165) is 18.4 Å². The van der Waals surface area contributed by atoms with Crippen molar-refractivity contribution in [1.82, 2.24) is 4.90 Å². The Morgan fingerprint density at radius 3 is 2.62 bits per heavy atom. The van der Waals surface area contributed by atoms with Crippen molar-refractivity contribution in [3.05, 3.63) is 71.5 Å². The summed E-state index contributed by atoms with van der Waals surface area (Å²) in [6.45, 7) is 0.915. The van der Waals surface area contributed by atoms with E-state index in [0.29, 0.717) is 25.1 Å². The van der Waals surface area contributed by atoms with Crippen LogP contribution in [0.5, 0.6) is 0 Å². The molecule has 1 heterocycles. The number of rotatable bonds is 3. The molecule has 1 fully saturated rings. The average Bonchev–Trinajstić information content (AvgIpc) is 2.69. The topological polar surface area (TPSA) is 40.5 Å². The second-order valence-corrected chi connectivity index (χ2v) is 6.87. The van der Waals surface area contributed by atoms with Crippen molar-refractivity contribution in [3.63, 3.8) is 0 Å². The third-order valence-corrected chi connectivity index (χ3v) is 4.89. The summed E-state index contributed by atoms with van der Waals surface area (Å²) in [6.07, 6.45) is 1.94. The van der Waals surface area contributed by atoms with Gasteiger partial charge in [-0.05, 0) is 43.0 Å². The van der Waals surface area contributed by atoms with E-state index in [-0.39, 0.29) is 18.3 Å². The fourth-order valence-corrected chi connectivity index (χ4v) is 3.48. The van der Waals surface area contributed by atoms with Gasteiger partial charge in [0.1, 0.15) is 5.82 Å². The second-order valence-electron chi connectivity index (χ2n) is 6.87. The van der Waals surface area contributed by atoms with Crippen molar-refractivity contribution in [1.29, 1.82) is 0 Å². The molecule has 1 N–H and O–H groups in total. The summed E-state index contributed by atoms with van der Waals surface area (Å²) >= 11 is 0. The second kappa shape index (κ2) is 8.16. The van der Waals surface area contributed by atoms with Crippen LogP contribution in [0.15, 0.2) is 54.6 Å². The van der Waals surface area contributed by atoms with Crippen LogP contribution in [0, 0.1) is 23.1 Å². The van der Waals surface area contributed by atoms with E-state index < -0.39 is 5.41 Å². The van der Waals surface area contributed by atoms with Gasteiger partial charge in [0, 0.05) is 30.0 Å². The Kier molecular flexibility index (Phi) is 5.70. The molecule has 0 bridgehead atoms. The number of amides is 1. The van der Waals surface area contributed by atoms with Gasteiger partial charge in [0.15, 0.2) is 0 Å². The molecule has 0 aliphatic carbocycles. The Hall–Kier alpha value is -2.64. The minimum Gasteiger partial charge on any atom is -0.396 e. The maximum Gasteiger partial charge on any atom is 0.298 e. The molecule has 1 aliphatic heterocycles. The van der Waals surface area contributed by atoms with Gasteiger partial charge in [-0.1, -0.05) is 42.3 Å². The van der Waals surface area contributed by atoms with E-state index in [9.17, 15) is 14.3 Å². The molecule has 4 heteroatoms. The predicted molar refractivity (Wildman–Crippen MR) is 98.8 cm³/mol. The van der Waals surface area contributed by atoms with Gasteiger partial charge in [-0.3, -0.25) is 4.79 Å². The van der Waals surface area contributed by atoms with E-state index in [1.165, 1.54) is 6.07 Å². The number of aliphatic hydroxyl groups excluding tert-OH is 1. The lowest BCUT2D eigenvalue weighted by Gasteiger charge is -2.41. The monoisotopic (exact) mass is 351 g/mol. The van der Waals surface area contributed by atoms with Gasteiger partial charge in [0.05, 0.1) is 6.61 Å². The first-order valence-corrected chi connectivity index (χ1v) is 8.82. The molecule has 3 rings (SSSR count). The average molecular weight is 351 g/mol. The quantitative estimate of drug-likeness (QED) is 0.864. The highest BCUT2D eigenvalue weighted by Gasteiger charge is 2.37. The summed E-state index contributed by atoms with van der Waals surface area (Å²) in [5.74, 6) is 5.05. The summed E-state index contributed by atoms with van der Waals surface area (Å²) in [6, 6.07) is 16.0. The van der Waals surface area contributed by atoms with E-state index in [1.54, 1.807) is 23.1 Å². The lowest BCUT2D eigenvalue weighted by Crippen LogP contribution is -2.48. The maximum atomic E-state index is 14.0. The number of hydrogen-bond acceptors (Lipinski definition) is 2. The molecule has 3 nitrogen and oxygen atoms in total. The Bertz CT molecular complexity index is 825. The summed E-state index contributed by atoms with van der Waals surface area (Å²) in [4.78, 5) is 14.2. The number of carbonyl (C=O) groups excluding carboxylic acids is 1. The molecular formula is C22H22FNO2. The highest BCUT2D eigenvalue weighted by atomic mass is 19.1. The summed E-state index contributed by atoms with van der Waals surface area (Å²) in [7, 11) is 0. The first kappa shape index (κ1) is 18.2. The van der Waals surface area contributed by atoms with Crippen molar-refractivity contribution < 1.29 is 14.3 Å². The summed E-state index contributed by atoms with van der Waals surface area (Å²) in [5, 5.41) is 10.0. The number of hydrogen-bond donors (Lipinski definition) is 1. The molecule has 1 aliphatic rings. The number of aliphatic hydroxyl groups is 1. The highest BCUT2D eigenvalue weighted by Crippen LogP contribution is 2.34. The van der Waals surface area contributed by atoms with Gasteiger partial charge in [0.25, 0.3) is 5.91 Å². The lowest BCUT2D eigenvalue weighted by atomic mass is 9.75. The summed E-state index contributed by atoms with van der Waals surface area (Å²) < 4.78 is 14.0. The van der Waals surface area contributed by atoms with Crippen molar-refractivity contribution in [3.8, 4) is 11.8 Å². The number of likely N-dealkylation sites (tertiary alicyclic amines) is 1. The lowest BCUT2D eigenvalue weighted by molar-refractivity contribution is -0.129. The van der Waals surface area contributed by atoms with Crippen LogP contribution < -0.4 is 0 Å². The third kappa shape index (κ3) is 4.30. The normalized spacial score (nSPS) is 19.5. The first-order valence-electron chi connectivity index (χ1n) is 8.82. The molecule has 0 spiro atoms. The molecule has 26 heavy (non-hydrogen) atoms.